The van der Waals surface area contributed by atoms with Gasteiger partial charge < -0.3 is 10.1 Å². The standard InChI is InChI=1S/C27H32N2O4S/c1-5-20(3)24-14-10-11-15-26(24)33-25(6-2)27(30)28-21-16-18-23(19-17-21)34(31,32)29(4)22-12-8-7-9-13-22/h7-20,25H,5-6H2,1-4H3,(H,28,30). The van der Waals surface area contributed by atoms with Crippen molar-refractivity contribution in [2.24, 2.45) is 0 Å². The lowest BCUT2D eigenvalue weighted by Crippen LogP contribution is -2.32. The second-order valence-corrected chi connectivity index (χ2v) is 10.2. The van der Waals surface area contributed by atoms with Crippen molar-refractivity contribution in [3.05, 3.63) is 84.4 Å². The van der Waals surface area contributed by atoms with E-state index in [1.54, 1.807) is 36.4 Å². The molecule has 3 aromatic carbocycles. The van der Waals surface area contributed by atoms with Crippen LogP contribution >= 0.6 is 0 Å². The van der Waals surface area contributed by atoms with Crippen LogP contribution in [0.1, 0.15) is 45.1 Å². The van der Waals surface area contributed by atoms with Crippen molar-refractivity contribution in [1.29, 1.82) is 0 Å². The molecule has 0 radical (unpaired) electrons. The Bertz CT molecular complexity index is 1190. The van der Waals surface area contributed by atoms with Gasteiger partial charge in [-0.2, -0.15) is 0 Å². The van der Waals surface area contributed by atoms with Crippen molar-refractivity contribution >= 4 is 27.3 Å². The number of nitrogens with one attached hydrogen (secondary N) is 1. The molecule has 0 spiro atoms. The lowest BCUT2D eigenvalue weighted by molar-refractivity contribution is -0.122. The van der Waals surface area contributed by atoms with E-state index in [0.29, 0.717) is 29.5 Å². The first-order valence-electron chi connectivity index (χ1n) is 11.5. The molecule has 7 heteroatoms. The van der Waals surface area contributed by atoms with Crippen molar-refractivity contribution in [3.63, 3.8) is 0 Å². The number of carbonyl (C=O) groups is 1. The number of nitrogens with zero attached hydrogens (tertiary/aromatic N) is 1. The zero-order valence-electron chi connectivity index (χ0n) is 20.1. The SMILES string of the molecule is CCC(Oc1ccccc1C(C)CC)C(=O)Nc1ccc(S(=O)(=O)N(C)c2ccccc2)cc1. The number of hydrogen-bond acceptors (Lipinski definition) is 4. The van der Waals surface area contributed by atoms with Gasteiger partial charge in [0.15, 0.2) is 6.10 Å². The summed E-state index contributed by atoms with van der Waals surface area (Å²) in [4.78, 5) is 13.1. The van der Waals surface area contributed by atoms with Gasteiger partial charge in [0, 0.05) is 12.7 Å². The molecule has 0 fully saturated rings. The molecule has 180 valence electrons. The van der Waals surface area contributed by atoms with Gasteiger partial charge in [-0.15, -0.1) is 0 Å². The fraction of sp³-hybridized carbons (Fsp3) is 0.296. The summed E-state index contributed by atoms with van der Waals surface area (Å²) in [5.41, 5.74) is 2.15. The Balaban J connectivity index is 1.72. The first-order valence-corrected chi connectivity index (χ1v) is 12.9. The number of amides is 1. The number of rotatable bonds is 10. The second-order valence-electron chi connectivity index (χ2n) is 8.18. The van der Waals surface area contributed by atoms with Crippen LogP contribution in [0.5, 0.6) is 5.75 Å². The minimum Gasteiger partial charge on any atom is -0.480 e. The second kappa shape index (κ2) is 11.2. The smallest absolute Gasteiger partial charge is 0.265 e. The Labute approximate surface area is 202 Å². The predicted molar refractivity (Wildman–Crippen MR) is 137 cm³/mol. The molecule has 0 bridgehead atoms. The molecule has 0 saturated heterocycles. The molecule has 0 saturated carbocycles. The van der Waals surface area contributed by atoms with E-state index in [1.807, 2.05) is 37.3 Å². The maximum absolute atomic E-state index is 13.0. The minimum atomic E-state index is -3.72. The molecule has 6 nitrogen and oxygen atoms in total. The molecule has 0 heterocycles. The molecule has 0 aliphatic carbocycles. The van der Waals surface area contributed by atoms with Gasteiger partial charge in [0.25, 0.3) is 15.9 Å². The average molecular weight is 481 g/mol. The van der Waals surface area contributed by atoms with E-state index in [2.05, 4.69) is 19.2 Å². The van der Waals surface area contributed by atoms with E-state index in [-0.39, 0.29) is 10.8 Å². The number of sulfonamides is 1. The van der Waals surface area contributed by atoms with E-state index in [1.165, 1.54) is 23.5 Å². The van der Waals surface area contributed by atoms with E-state index < -0.39 is 16.1 Å². The number of hydrogen-bond donors (Lipinski definition) is 1. The molecule has 2 atom stereocenters. The molecular weight excluding hydrogens is 448 g/mol. The van der Waals surface area contributed by atoms with Crippen LogP contribution in [0.15, 0.2) is 83.8 Å². The highest BCUT2D eigenvalue weighted by Crippen LogP contribution is 2.30. The van der Waals surface area contributed by atoms with Crippen molar-refractivity contribution in [2.75, 3.05) is 16.7 Å². The van der Waals surface area contributed by atoms with Gasteiger partial charge in [0.05, 0.1) is 10.6 Å². The van der Waals surface area contributed by atoms with E-state index >= 15 is 0 Å². The molecular formula is C27H32N2O4S. The summed E-state index contributed by atoms with van der Waals surface area (Å²) < 4.78 is 33.2. The van der Waals surface area contributed by atoms with E-state index in [4.69, 9.17) is 4.74 Å². The molecule has 0 aliphatic rings. The van der Waals surface area contributed by atoms with Crippen molar-refractivity contribution < 1.29 is 17.9 Å². The van der Waals surface area contributed by atoms with Gasteiger partial charge in [0.1, 0.15) is 5.75 Å². The van der Waals surface area contributed by atoms with Crippen LogP contribution in [0, 0.1) is 0 Å². The van der Waals surface area contributed by atoms with Gasteiger partial charge in [-0.05, 0) is 66.8 Å². The third-order valence-corrected chi connectivity index (χ3v) is 7.69. The monoisotopic (exact) mass is 480 g/mol. The molecule has 2 unspecified atom stereocenters. The third-order valence-electron chi connectivity index (χ3n) is 5.89. The highest BCUT2D eigenvalue weighted by atomic mass is 32.2. The van der Waals surface area contributed by atoms with Crippen LogP contribution in [0.25, 0.3) is 0 Å². The number of carbonyl (C=O) groups excluding carboxylic acids is 1. The zero-order valence-corrected chi connectivity index (χ0v) is 20.9. The number of anilines is 2. The quantitative estimate of drug-likeness (QED) is 0.397. The van der Waals surface area contributed by atoms with Crippen molar-refractivity contribution in [3.8, 4) is 5.75 Å². The zero-order chi connectivity index (χ0) is 24.7. The summed E-state index contributed by atoms with van der Waals surface area (Å²) >= 11 is 0. The first-order chi connectivity index (χ1) is 16.3. The largest absolute Gasteiger partial charge is 0.480 e. The molecule has 0 aliphatic heterocycles. The summed E-state index contributed by atoms with van der Waals surface area (Å²) in [6, 6.07) is 22.8. The molecule has 3 rings (SSSR count). The summed E-state index contributed by atoms with van der Waals surface area (Å²) in [6.07, 6.45) is 0.797. The highest BCUT2D eigenvalue weighted by molar-refractivity contribution is 7.92. The predicted octanol–water partition coefficient (Wildman–Crippen LogP) is 5.82. The Morgan fingerprint density at radius 3 is 2.15 bits per heavy atom. The van der Waals surface area contributed by atoms with Gasteiger partial charge in [-0.1, -0.05) is 57.2 Å². The number of ether oxygens (including phenoxy) is 1. The molecule has 34 heavy (non-hydrogen) atoms. The van der Waals surface area contributed by atoms with Gasteiger partial charge in [-0.25, -0.2) is 8.42 Å². The maximum Gasteiger partial charge on any atom is 0.265 e. The van der Waals surface area contributed by atoms with Crippen LogP contribution in [0.3, 0.4) is 0 Å². The van der Waals surface area contributed by atoms with Crippen LogP contribution < -0.4 is 14.4 Å². The first kappa shape index (κ1) is 25.3. The average Bonchev–Trinajstić information content (AvgIpc) is 2.87. The number of para-hydroxylation sites is 2. The summed E-state index contributed by atoms with van der Waals surface area (Å²) in [7, 11) is -2.20. The van der Waals surface area contributed by atoms with Crippen LogP contribution in [-0.2, 0) is 14.8 Å². The third kappa shape index (κ3) is 5.78. The lowest BCUT2D eigenvalue weighted by atomic mass is 9.98. The molecule has 1 amide bonds. The van der Waals surface area contributed by atoms with Gasteiger partial charge in [-0.3, -0.25) is 9.10 Å². The summed E-state index contributed by atoms with van der Waals surface area (Å²) in [6.45, 7) is 6.15. The Hall–Kier alpha value is -3.32. The Morgan fingerprint density at radius 2 is 1.53 bits per heavy atom. The van der Waals surface area contributed by atoms with Crippen LogP contribution in [0.4, 0.5) is 11.4 Å². The summed E-state index contributed by atoms with van der Waals surface area (Å²) in [5, 5.41) is 2.84. The molecule has 0 aromatic heterocycles. The van der Waals surface area contributed by atoms with Crippen molar-refractivity contribution in [1.82, 2.24) is 0 Å². The molecule has 3 aromatic rings. The molecule has 1 N–H and O–H groups in total. The van der Waals surface area contributed by atoms with E-state index in [0.717, 1.165) is 12.0 Å². The maximum atomic E-state index is 13.0. The highest BCUT2D eigenvalue weighted by Gasteiger charge is 2.23. The Morgan fingerprint density at radius 1 is 0.912 bits per heavy atom. The Kier molecular flexibility index (Phi) is 8.34. The topological polar surface area (TPSA) is 75.7 Å². The van der Waals surface area contributed by atoms with Gasteiger partial charge >= 0.3 is 0 Å². The van der Waals surface area contributed by atoms with E-state index in [9.17, 15) is 13.2 Å². The van der Waals surface area contributed by atoms with Crippen LogP contribution in [0.2, 0.25) is 0 Å². The lowest BCUT2D eigenvalue weighted by Gasteiger charge is -2.21. The van der Waals surface area contributed by atoms with Crippen molar-refractivity contribution in [2.45, 2.75) is 50.5 Å². The summed E-state index contributed by atoms with van der Waals surface area (Å²) in [5.74, 6) is 0.753. The minimum absolute atomic E-state index is 0.141. The van der Waals surface area contributed by atoms with Gasteiger partial charge in [0.2, 0.25) is 0 Å². The number of benzene rings is 3. The van der Waals surface area contributed by atoms with Crippen LogP contribution in [-0.4, -0.2) is 27.5 Å². The fourth-order valence-corrected chi connectivity index (χ4v) is 4.75. The fourth-order valence-electron chi connectivity index (χ4n) is 3.56. The normalized spacial score (nSPS) is 13.1.